The maximum absolute atomic E-state index is 12.5. The molecule has 8 heteroatoms. The van der Waals surface area contributed by atoms with Crippen LogP contribution in [-0.4, -0.2) is 9.99 Å². The van der Waals surface area contributed by atoms with Crippen molar-refractivity contribution >= 4 is 38.7 Å². The number of nitrogens with zero attached hydrogens (tertiary/aromatic N) is 2. The summed E-state index contributed by atoms with van der Waals surface area (Å²) in [6.45, 7) is 1.77. The van der Waals surface area contributed by atoms with Crippen LogP contribution in [-0.2, 0) is 0 Å². The molecule has 0 saturated heterocycles. The van der Waals surface area contributed by atoms with Crippen LogP contribution in [0.15, 0.2) is 57.9 Å². The summed E-state index contributed by atoms with van der Waals surface area (Å²) in [5.41, 5.74) is 0.213. The lowest BCUT2D eigenvalue weighted by atomic mass is 10.2. The van der Waals surface area contributed by atoms with E-state index in [2.05, 4.69) is 5.32 Å². The van der Waals surface area contributed by atoms with E-state index in [0.29, 0.717) is 10.5 Å². The number of amides is 1. The van der Waals surface area contributed by atoms with Gasteiger partial charge in [0.1, 0.15) is 16.7 Å². The molecule has 1 atom stereocenters. The number of nitrogens with one attached hydrogen (secondary N) is 1. The zero-order valence-electron chi connectivity index (χ0n) is 13.1. The third kappa shape index (κ3) is 2.56. The van der Waals surface area contributed by atoms with Gasteiger partial charge < -0.3 is 14.9 Å². The molecule has 4 rings (SSSR count). The predicted octanol–water partition coefficient (Wildman–Crippen LogP) is 2.76. The predicted molar refractivity (Wildman–Crippen MR) is 93.6 cm³/mol. The average Bonchev–Trinajstić information content (AvgIpc) is 3.17. The van der Waals surface area contributed by atoms with Crippen molar-refractivity contribution in [1.82, 2.24) is 9.27 Å². The van der Waals surface area contributed by atoms with Crippen molar-refractivity contribution < 1.29 is 13.9 Å². The molecule has 1 N–H and O–H groups in total. The van der Waals surface area contributed by atoms with Crippen molar-refractivity contribution in [2.24, 2.45) is 0 Å². The Bertz CT molecular complexity index is 1120. The lowest BCUT2D eigenvalue weighted by Crippen LogP contribution is -2.34. The highest BCUT2D eigenvalue weighted by Crippen LogP contribution is 2.23. The molecule has 0 aliphatic carbocycles. The van der Waals surface area contributed by atoms with Gasteiger partial charge in [0.25, 0.3) is 5.56 Å². The van der Waals surface area contributed by atoms with E-state index in [1.165, 1.54) is 18.3 Å². The summed E-state index contributed by atoms with van der Waals surface area (Å²) >= 11 is 0.813. The Morgan fingerprint density at radius 1 is 1.32 bits per heavy atom. The van der Waals surface area contributed by atoms with Crippen LogP contribution in [0.3, 0.4) is 0 Å². The fraction of sp³-hybridized carbons (Fsp3) is 0.118. The largest absolute Gasteiger partial charge is 0.618 e. The van der Waals surface area contributed by atoms with E-state index in [-0.39, 0.29) is 10.2 Å². The van der Waals surface area contributed by atoms with Gasteiger partial charge in [-0.05, 0) is 25.1 Å². The highest BCUT2D eigenvalue weighted by Gasteiger charge is 2.21. The number of hydrogen-bond acceptors (Lipinski definition) is 5. The molecule has 4 aromatic rings. The molecule has 1 amide bonds. The van der Waals surface area contributed by atoms with Gasteiger partial charge in [-0.25, -0.2) is 4.79 Å². The van der Waals surface area contributed by atoms with E-state index >= 15 is 0 Å². The van der Waals surface area contributed by atoms with Crippen LogP contribution in [0.4, 0.5) is 4.79 Å². The molecule has 0 bridgehead atoms. The lowest BCUT2D eigenvalue weighted by Gasteiger charge is -2.10. The van der Waals surface area contributed by atoms with Crippen LogP contribution >= 0.6 is 11.5 Å². The van der Waals surface area contributed by atoms with Gasteiger partial charge in [0, 0.05) is 23.0 Å². The molecule has 3 heterocycles. The number of benzene rings is 1. The van der Waals surface area contributed by atoms with E-state index in [0.717, 1.165) is 26.5 Å². The van der Waals surface area contributed by atoms with E-state index in [4.69, 9.17) is 4.42 Å². The summed E-state index contributed by atoms with van der Waals surface area (Å²) in [4.78, 5) is 25.0. The number of aromatic nitrogens is 2. The molecule has 25 heavy (non-hydrogen) atoms. The van der Waals surface area contributed by atoms with E-state index < -0.39 is 17.6 Å². The summed E-state index contributed by atoms with van der Waals surface area (Å²) in [5.74, 6) is 0.586. The van der Waals surface area contributed by atoms with Gasteiger partial charge >= 0.3 is 10.9 Å². The highest BCUT2D eigenvalue weighted by atomic mass is 32.1. The average molecular weight is 355 g/mol. The van der Waals surface area contributed by atoms with Gasteiger partial charge in [0.2, 0.25) is 0 Å². The van der Waals surface area contributed by atoms with E-state index in [1.807, 2.05) is 30.3 Å². The van der Waals surface area contributed by atoms with Gasteiger partial charge in [-0.15, -0.1) is 0 Å². The number of pyridine rings is 1. The molecule has 0 saturated carbocycles. The number of hydrogen-bond donors (Lipinski definition) is 1. The molecule has 0 radical (unpaired) electrons. The standard InChI is InChI=1S/C17H13N3O4S/c1-10(14-9-11-5-2-3-7-13(11)24-14)18-17(22)20-15(21)12-6-4-8-19(23)16(12)25-20/h2-10H,1H3,(H,18,22). The maximum Gasteiger partial charge on any atom is 0.338 e. The SMILES string of the molecule is CC(NC(=O)n1sc2c(ccc[n+]2[O-])c1=O)c1cc2ccccc2o1. The fourth-order valence-corrected chi connectivity index (χ4v) is 3.51. The van der Waals surface area contributed by atoms with Crippen molar-refractivity contribution in [2.75, 3.05) is 0 Å². The molecule has 0 aliphatic rings. The van der Waals surface area contributed by atoms with Crippen molar-refractivity contribution in [3.63, 3.8) is 0 Å². The number of carbonyl (C=O) groups excluding carboxylic acids is 1. The molecule has 0 fully saturated rings. The molecular formula is C17H13N3O4S. The molecule has 0 spiro atoms. The van der Waals surface area contributed by atoms with Crippen LogP contribution in [0.25, 0.3) is 21.2 Å². The normalized spacial score (nSPS) is 12.5. The van der Waals surface area contributed by atoms with Crippen LogP contribution < -0.4 is 15.6 Å². The van der Waals surface area contributed by atoms with Crippen LogP contribution in [0.1, 0.15) is 18.7 Å². The van der Waals surface area contributed by atoms with Gasteiger partial charge in [0.05, 0.1) is 6.04 Å². The number of para-hydroxylation sites is 1. The first-order chi connectivity index (χ1) is 12.0. The van der Waals surface area contributed by atoms with Crippen molar-refractivity contribution in [3.05, 3.63) is 70.0 Å². The fourth-order valence-electron chi connectivity index (χ4n) is 2.63. The van der Waals surface area contributed by atoms with E-state index in [1.54, 1.807) is 6.92 Å². The minimum Gasteiger partial charge on any atom is -0.618 e. The third-order valence-electron chi connectivity index (χ3n) is 3.90. The Kier molecular flexibility index (Phi) is 3.54. The smallest absolute Gasteiger partial charge is 0.338 e. The first kappa shape index (κ1) is 15.4. The van der Waals surface area contributed by atoms with Crippen molar-refractivity contribution in [2.45, 2.75) is 13.0 Å². The Morgan fingerprint density at radius 3 is 2.88 bits per heavy atom. The number of fused-ring (bicyclic) bond motifs is 2. The maximum atomic E-state index is 12.5. The second kappa shape index (κ2) is 5.75. The summed E-state index contributed by atoms with van der Waals surface area (Å²) < 4.78 is 7.24. The zero-order chi connectivity index (χ0) is 17.6. The topological polar surface area (TPSA) is 91.2 Å². The van der Waals surface area contributed by atoms with Gasteiger partial charge in [-0.2, -0.15) is 8.69 Å². The summed E-state index contributed by atoms with van der Waals surface area (Å²) in [7, 11) is 0. The molecular weight excluding hydrogens is 342 g/mol. The monoisotopic (exact) mass is 355 g/mol. The minimum atomic E-state index is -0.598. The quantitative estimate of drug-likeness (QED) is 0.442. The van der Waals surface area contributed by atoms with Crippen LogP contribution in [0.2, 0.25) is 0 Å². The molecule has 126 valence electrons. The zero-order valence-corrected chi connectivity index (χ0v) is 13.9. The van der Waals surface area contributed by atoms with E-state index in [9.17, 15) is 14.8 Å². The van der Waals surface area contributed by atoms with Crippen LogP contribution in [0.5, 0.6) is 0 Å². The van der Waals surface area contributed by atoms with Gasteiger partial charge in [0.15, 0.2) is 6.20 Å². The first-order valence-corrected chi connectivity index (χ1v) is 8.35. The Labute approximate surface area is 145 Å². The number of rotatable bonds is 2. The second-order valence-corrected chi connectivity index (χ2v) is 6.54. The first-order valence-electron chi connectivity index (χ1n) is 7.58. The summed E-state index contributed by atoms with van der Waals surface area (Å²) in [6.07, 6.45) is 1.29. The van der Waals surface area contributed by atoms with Crippen LogP contribution in [0, 0.1) is 5.21 Å². The van der Waals surface area contributed by atoms with Crippen molar-refractivity contribution in [3.8, 4) is 0 Å². The second-order valence-electron chi connectivity index (χ2n) is 5.60. The van der Waals surface area contributed by atoms with Crippen molar-refractivity contribution in [1.29, 1.82) is 0 Å². The summed E-state index contributed by atoms with van der Waals surface area (Å²) in [5, 5.41) is 15.6. The lowest BCUT2D eigenvalue weighted by molar-refractivity contribution is -0.574. The Balaban J connectivity index is 1.64. The molecule has 1 aromatic carbocycles. The minimum absolute atomic E-state index is 0.194. The molecule has 1 unspecified atom stereocenters. The highest BCUT2D eigenvalue weighted by molar-refractivity contribution is 7.13. The van der Waals surface area contributed by atoms with Gasteiger partial charge in [-0.1, -0.05) is 18.2 Å². The molecule has 0 aliphatic heterocycles. The third-order valence-corrected chi connectivity index (χ3v) is 4.99. The Morgan fingerprint density at radius 2 is 2.12 bits per heavy atom. The number of carbonyl (C=O) groups is 1. The molecule has 3 aromatic heterocycles. The number of furan rings is 1. The summed E-state index contributed by atoms with van der Waals surface area (Å²) in [6, 6.07) is 11.3. The van der Waals surface area contributed by atoms with Gasteiger partial charge in [-0.3, -0.25) is 4.79 Å². The Hall–Kier alpha value is -3.13. The molecule has 7 nitrogen and oxygen atoms in total.